The average molecular weight is 437 g/mol. The minimum absolute atomic E-state index is 0.0307. The second kappa shape index (κ2) is 8.90. The second-order valence-corrected chi connectivity index (χ2v) is 6.71. The molecular weight excluding hydrogens is 418 g/mol. The number of nitrogens with one attached hydrogen (secondary N) is 1. The molecule has 0 bridgehead atoms. The fourth-order valence-corrected chi connectivity index (χ4v) is 3.39. The van der Waals surface area contributed by atoms with Gasteiger partial charge in [-0.25, -0.2) is 9.78 Å². The Hall–Kier alpha value is -4.18. The molecule has 1 N–H and O–H groups in total. The second-order valence-electron chi connectivity index (χ2n) is 6.71. The summed E-state index contributed by atoms with van der Waals surface area (Å²) < 4.78 is 21.5. The lowest BCUT2D eigenvalue weighted by Gasteiger charge is -2.11. The average Bonchev–Trinajstić information content (AvgIpc) is 3.16. The molecule has 2 aromatic carbocycles. The number of fused-ring (bicyclic) bond motifs is 3. The van der Waals surface area contributed by atoms with Crippen LogP contribution >= 0.6 is 0 Å². The molecule has 0 aliphatic carbocycles. The number of nitro benzene ring substituents is 1. The van der Waals surface area contributed by atoms with Gasteiger partial charge in [-0.2, -0.15) is 0 Å². The highest BCUT2D eigenvalue weighted by molar-refractivity contribution is 6.12. The van der Waals surface area contributed by atoms with Crippen LogP contribution in [0.1, 0.15) is 12.5 Å². The van der Waals surface area contributed by atoms with E-state index in [0.29, 0.717) is 28.0 Å². The number of pyridine rings is 1. The first-order valence-electron chi connectivity index (χ1n) is 9.70. The minimum Gasteiger partial charge on any atom is -0.457 e. The van der Waals surface area contributed by atoms with Gasteiger partial charge in [0.2, 0.25) is 5.88 Å². The maximum absolute atomic E-state index is 11.9. The van der Waals surface area contributed by atoms with Gasteiger partial charge in [0.1, 0.15) is 11.5 Å². The van der Waals surface area contributed by atoms with Gasteiger partial charge in [-0.05, 0) is 31.2 Å². The highest BCUT2D eigenvalue weighted by Gasteiger charge is 2.20. The van der Waals surface area contributed by atoms with E-state index in [1.807, 2.05) is 12.1 Å². The molecular formula is C22H19N3O7. The van der Waals surface area contributed by atoms with Gasteiger partial charge >= 0.3 is 6.16 Å². The number of aromatic amines is 1. The first kappa shape index (κ1) is 21.1. The van der Waals surface area contributed by atoms with Crippen LogP contribution in [-0.2, 0) is 16.1 Å². The van der Waals surface area contributed by atoms with Gasteiger partial charge in [-0.1, -0.05) is 6.07 Å². The zero-order chi connectivity index (χ0) is 22.7. The van der Waals surface area contributed by atoms with E-state index in [1.54, 1.807) is 19.2 Å². The molecule has 0 radical (unpaired) electrons. The van der Waals surface area contributed by atoms with Crippen molar-refractivity contribution in [1.29, 1.82) is 0 Å². The Morgan fingerprint density at radius 2 is 1.91 bits per heavy atom. The fraction of sp³-hybridized carbons (Fsp3) is 0.182. The van der Waals surface area contributed by atoms with Gasteiger partial charge < -0.3 is 23.9 Å². The summed E-state index contributed by atoms with van der Waals surface area (Å²) in [5.41, 5.74) is 1.98. The Bertz CT molecular complexity index is 1300. The Labute approximate surface area is 181 Å². The summed E-state index contributed by atoms with van der Waals surface area (Å²) >= 11 is 0. The number of benzene rings is 2. The van der Waals surface area contributed by atoms with E-state index < -0.39 is 11.1 Å². The van der Waals surface area contributed by atoms with Gasteiger partial charge in [-0.15, -0.1) is 0 Å². The molecule has 32 heavy (non-hydrogen) atoms. The third kappa shape index (κ3) is 4.03. The molecule has 164 valence electrons. The Morgan fingerprint density at radius 1 is 1.12 bits per heavy atom. The number of methoxy groups -OCH3 is 1. The molecule has 0 atom stereocenters. The molecule has 0 spiro atoms. The van der Waals surface area contributed by atoms with Crippen LogP contribution < -0.4 is 9.47 Å². The molecule has 10 nitrogen and oxygen atoms in total. The first-order chi connectivity index (χ1) is 15.5. The van der Waals surface area contributed by atoms with Gasteiger partial charge in [0.15, 0.2) is 0 Å². The smallest absolute Gasteiger partial charge is 0.457 e. The number of carbonyl (C=O) groups excluding carboxylic acids is 1. The van der Waals surface area contributed by atoms with Crippen LogP contribution in [0.4, 0.5) is 10.5 Å². The van der Waals surface area contributed by atoms with Crippen LogP contribution in [0.5, 0.6) is 17.4 Å². The van der Waals surface area contributed by atoms with Crippen molar-refractivity contribution in [2.75, 3.05) is 13.7 Å². The van der Waals surface area contributed by atoms with E-state index >= 15 is 0 Å². The molecule has 0 amide bonds. The summed E-state index contributed by atoms with van der Waals surface area (Å²) in [5.74, 6) is 1.01. The van der Waals surface area contributed by atoms with Crippen LogP contribution in [0.25, 0.3) is 21.8 Å². The van der Waals surface area contributed by atoms with Gasteiger partial charge in [0.05, 0.1) is 46.3 Å². The number of carbonyl (C=O) groups is 1. The third-order valence-electron chi connectivity index (χ3n) is 4.69. The highest BCUT2D eigenvalue weighted by atomic mass is 16.7. The van der Waals surface area contributed by atoms with Gasteiger partial charge in [-0.3, -0.25) is 10.1 Å². The first-order valence-corrected chi connectivity index (χ1v) is 9.70. The van der Waals surface area contributed by atoms with Gasteiger partial charge in [0, 0.05) is 24.6 Å². The summed E-state index contributed by atoms with van der Waals surface area (Å²) in [5, 5.41) is 12.3. The van der Waals surface area contributed by atoms with Gasteiger partial charge in [0.25, 0.3) is 5.69 Å². The fourth-order valence-electron chi connectivity index (χ4n) is 3.39. The third-order valence-corrected chi connectivity index (χ3v) is 4.69. The van der Waals surface area contributed by atoms with E-state index in [-0.39, 0.29) is 24.8 Å². The number of H-pyrrole nitrogens is 1. The van der Waals surface area contributed by atoms with Crippen molar-refractivity contribution in [2.24, 2.45) is 0 Å². The zero-order valence-electron chi connectivity index (χ0n) is 17.3. The van der Waals surface area contributed by atoms with Crippen molar-refractivity contribution >= 4 is 33.6 Å². The molecule has 10 heteroatoms. The number of nitro groups is 1. The van der Waals surface area contributed by atoms with Crippen molar-refractivity contribution in [2.45, 2.75) is 13.5 Å². The molecule has 4 aromatic rings. The van der Waals surface area contributed by atoms with Crippen molar-refractivity contribution in [3.05, 3.63) is 64.3 Å². The van der Waals surface area contributed by atoms with Crippen LogP contribution in [0.15, 0.2) is 48.7 Å². The number of rotatable bonds is 7. The number of ether oxygens (including phenoxy) is 4. The lowest BCUT2D eigenvalue weighted by Crippen LogP contribution is -2.12. The monoisotopic (exact) mass is 437 g/mol. The number of hydrogen-bond donors (Lipinski definition) is 1. The summed E-state index contributed by atoms with van der Waals surface area (Å²) in [7, 11) is 1.52. The Kier molecular flexibility index (Phi) is 5.86. The normalized spacial score (nSPS) is 10.9. The lowest BCUT2D eigenvalue weighted by atomic mass is 10.1. The molecule has 0 aliphatic rings. The molecule has 0 fully saturated rings. The molecule has 4 rings (SSSR count). The summed E-state index contributed by atoms with van der Waals surface area (Å²) in [6.45, 7) is 1.97. The Morgan fingerprint density at radius 3 is 2.59 bits per heavy atom. The van der Waals surface area contributed by atoms with E-state index in [9.17, 15) is 14.9 Å². The number of hydrogen-bond acceptors (Lipinski definition) is 8. The number of nitrogens with zero attached hydrogens (tertiary/aromatic N) is 2. The van der Waals surface area contributed by atoms with Crippen LogP contribution in [-0.4, -0.2) is 34.8 Å². The quantitative estimate of drug-likeness (QED) is 0.240. The van der Waals surface area contributed by atoms with Crippen LogP contribution in [0.3, 0.4) is 0 Å². The number of aromatic nitrogens is 2. The standard InChI is InChI=1S/C22H19N3O7/c1-3-30-22(26)32-21-15(12-29-2)19-17(11-23-21)24-16-5-4-6-18(20(16)19)31-14-9-7-13(8-10-14)25(27)28/h4-11,24H,3,12H2,1-2H3. The predicted molar refractivity (Wildman–Crippen MR) is 115 cm³/mol. The molecule has 0 saturated carbocycles. The van der Waals surface area contributed by atoms with E-state index in [1.165, 1.54) is 31.4 Å². The Balaban J connectivity index is 1.84. The van der Waals surface area contributed by atoms with Crippen molar-refractivity contribution < 1.29 is 28.7 Å². The molecule has 0 aliphatic heterocycles. The minimum atomic E-state index is -0.862. The van der Waals surface area contributed by atoms with E-state index in [2.05, 4.69) is 9.97 Å². The van der Waals surface area contributed by atoms with E-state index in [4.69, 9.17) is 18.9 Å². The topological polar surface area (TPSA) is 126 Å². The molecule has 2 aromatic heterocycles. The van der Waals surface area contributed by atoms with Crippen LogP contribution in [0.2, 0.25) is 0 Å². The predicted octanol–water partition coefficient (Wildman–Crippen LogP) is 5.10. The maximum atomic E-state index is 11.9. The lowest BCUT2D eigenvalue weighted by molar-refractivity contribution is -0.384. The van der Waals surface area contributed by atoms with Crippen molar-refractivity contribution in [1.82, 2.24) is 9.97 Å². The number of non-ortho nitro benzene ring substituents is 1. The summed E-state index contributed by atoms with van der Waals surface area (Å²) in [4.78, 5) is 29.8. The SMILES string of the molecule is CCOC(=O)Oc1ncc2[nH]c3cccc(Oc4ccc([N+](=O)[O-])cc4)c3c2c1COC. The van der Waals surface area contributed by atoms with Crippen LogP contribution in [0, 0.1) is 10.1 Å². The summed E-state index contributed by atoms with van der Waals surface area (Å²) in [6.07, 6.45) is 0.692. The summed E-state index contributed by atoms with van der Waals surface area (Å²) in [6, 6.07) is 11.3. The van der Waals surface area contributed by atoms with Crippen molar-refractivity contribution in [3.63, 3.8) is 0 Å². The zero-order valence-corrected chi connectivity index (χ0v) is 17.3. The highest BCUT2D eigenvalue weighted by Crippen LogP contribution is 2.39. The molecule has 0 unspecified atom stereocenters. The maximum Gasteiger partial charge on any atom is 0.515 e. The van der Waals surface area contributed by atoms with Crippen molar-refractivity contribution in [3.8, 4) is 17.4 Å². The largest absolute Gasteiger partial charge is 0.515 e. The molecule has 0 saturated heterocycles. The van der Waals surface area contributed by atoms with E-state index in [0.717, 1.165) is 10.9 Å². The molecule has 2 heterocycles.